The van der Waals surface area contributed by atoms with Crippen LogP contribution < -0.4 is 0 Å². The van der Waals surface area contributed by atoms with Gasteiger partial charge in [0.05, 0.1) is 17.6 Å². The van der Waals surface area contributed by atoms with Crippen molar-refractivity contribution < 1.29 is 0 Å². The molecule has 0 saturated carbocycles. The molecule has 0 N–H and O–H groups in total. The fourth-order valence-corrected chi connectivity index (χ4v) is 2.62. The van der Waals surface area contributed by atoms with Crippen molar-refractivity contribution in [3.63, 3.8) is 0 Å². The van der Waals surface area contributed by atoms with Gasteiger partial charge in [-0.2, -0.15) is 5.10 Å². The van der Waals surface area contributed by atoms with Gasteiger partial charge in [0.1, 0.15) is 0 Å². The van der Waals surface area contributed by atoms with Gasteiger partial charge in [-0.25, -0.2) is 4.68 Å². The summed E-state index contributed by atoms with van der Waals surface area (Å²) in [5, 5.41) is 4.58. The molecule has 100 valence electrons. The molecule has 3 rings (SSSR count). The first-order chi connectivity index (χ1) is 9.78. The van der Waals surface area contributed by atoms with Gasteiger partial charge < -0.3 is 0 Å². The zero-order valence-corrected chi connectivity index (χ0v) is 12.3. The predicted octanol–water partition coefficient (Wildman–Crippen LogP) is 3.96. The Morgan fingerprint density at radius 3 is 2.80 bits per heavy atom. The summed E-state index contributed by atoms with van der Waals surface area (Å²) in [5.74, 6) is 0. The maximum Gasteiger partial charge on any atom is 0.0829 e. The average Bonchev–Trinajstić information content (AvgIpc) is 2.90. The molecule has 0 aliphatic heterocycles. The van der Waals surface area contributed by atoms with Crippen LogP contribution in [0.4, 0.5) is 0 Å². The summed E-state index contributed by atoms with van der Waals surface area (Å²) in [6, 6.07) is 12.4. The molecule has 4 heteroatoms. The van der Waals surface area contributed by atoms with Crippen molar-refractivity contribution >= 4 is 11.8 Å². The van der Waals surface area contributed by atoms with Crippen LogP contribution >= 0.6 is 11.8 Å². The summed E-state index contributed by atoms with van der Waals surface area (Å²) in [4.78, 5) is 5.40. The van der Waals surface area contributed by atoms with Gasteiger partial charge in [-0.3, -0.25) is 4.98 Å². The molecular formula is C16H15N3S. The molecule has 0 fully saturated rings. The van der Waals surface area contributed by atoms with E-state index in [1.54, 1.807) is 18.0 Å². The van der Waals surface area contributed by atoms with Gasteiger partial charge in [-0.1, -0.05) is 12.1 Å². The summed E-state index contributed by atoms with van der Waals surface area (Å²) in [6.07, 6.45) is 7.73. The van der Waals surface area contributed by atoms with Crippen molar-refractivity contribution in [2.75, 3.05) is 6.26 Å². The molecular weight excluding hydrogens is 266 g/mol. The van der Waals surface area contributed by atoms with E-state index in [-0.39, 0.29) is 0 Å². The van der Waals surface area contributed by atoms with Gasteiger partial charge >= 0.3 is 0 Å². The average molecular weight is 281 g/mol. The minimum absolute atomic E-state index is 0.975. The van der Waals surface area contributed by atoms with E-state index in [0.717, 1.165) is 16.9 Å². The molecule has 0 amide bonds. The SMILES string of the molecule is CSc1cccc(-c2cn(-c3cccnc3)nc2C)c1. The van der Waals surface area contributed by atoms with Crippen molar-refractivity contribution in [1.82, 2.24) is 14.8 Å². The topological polar surface area (TPSA) is 30.7 Å². The number of benzene rings is 1. The van der Waals surface area contributed by atoms with E-state index in [0.29, 0.717) is 0 Å². The fraction of sp³-hybridized carbons (Fsp3) is 0.125. The first-order valence-electron chi connectivity index (χ1n) is 6.39. The normalized spacial score (nSPS) is 10.7. The first-order valence-corrected chi connectivity index (χ1v) is 7.61. The molecule has 2 heterocycles. The van der Waals surface area contributed by atoms with E-state index in [2.05, 4.69) is 46.8 Å². The second-order valence-corrected chi connectivity index (χ2v) is 5.40. The molecule has 0 saturated heterocycles. The summed E-state index contributed by atoms with van der Waals surface area (Å²) in [5.41, 5.74) is 4.35. The van der Waals surface area contributed by atoms with Crippen LogP contribution in [0.1, 0.15) is 5.69 Å². The predicted molar refractivity (Wildman–Crippen MR) is 83.3 cm³/mol. The molecule has 20 heavy (non-hydrogen) atoms. The van der Waals surface area contributed by atoms with Crippen molar-refractivity contribution in [1.29, 1.82) is 0 Å². The Kier molecular flexibility index (Phi) is 3.56. The van der Waals surface area contributed by atoms with Gasteiger partial charge in [-0.15, -0.1) is 11.8 Å². The third kappa shape index (κ3) is 2.47. The van der Waals surface area contributed by atoms with E-state index in [1.807, 2.05) is 29.9 Å². The third-order valence-corrected chi connectivity index (χ3v) is 3.92. The van der Waals surface area contributed by atoms with Crippen molar-refractivity contribution in [3.05, 3.63) is 60.7 Å². The molecule has 2 aromatic heterocycles. The number of aryl methyl sites for hydroxylation is 1. The lowest BCUT2D eigenvalue weighted by Crippen LogP contribution is -1.94. The Morgan fingerprint density at radius 1 is 1.15 bits per heavy atom. The van der Waals surface area contributed by atoms with Crippen LogP contribution in [-0.4, -0.2) is 21.0 Å². The van der Waals surface area contributed by atoms with E-state index < -0.39 is 0 Å². The Labute approximate surface area is 122 Å². The Morgan fingerprint density at radius 2 is 2.05 bits per heavy atom. The molecule has 0 unspecified atom stereocenters. The Hall–Kier alpha value is -2.07. The van der Waals surface area contributed by atoms with Crippen LogP contribution in [0.2, 0.25) is 0 Å². The van der Waals surface area contributed by atoms with Crippen LogP contribution in [0.3, 0.4) is 0 Å². The number of thioether (sulfide) groups is 1. The number of pyridine rings is 1. The number of hydrogen-bond donors (Lipinski definition) is 0. The van der Waals surface area contributed by atoms with Crippen LogP contribution in [0.15, 0.2) is 59.9 Å². The number of hydrogen-bond acceptors (Lipinski definition) is 3. The van der Waals surface area contributed by atoms with Gasteiger partial charge in [0, 0.05) is 22.9 Å². The van der Waals surface area contributed by atoms with E-state index >= 15 is 0 Å². The minimum atomic E-state index is 0.975. The second-order valence-electron chi connectivity index (χ2n) is 4.52. The first kappa shape index (κ1) is 12.9. The molecule has 0 radical (unpaired) electrons. The quantitative estimate of drug-likeness (QED) is 0.681. The number of aromatic nitrogens is 3. The van der Waals surface area contributed by atoms with Gasteiger partial charge in [0.15, 0.2) is 0 Å². The van der Waals surface area contributed by atoms with Crippen LogP contribution in [-0.2, 0) is 0 Å². The number of nitrogens with zero attached hydrogens (tertiary/aromatic N) is 3. The minimum Gasteiger partial charge on any atom is -0.262 e. The van der Waals surface area contributed by atoms with Crippen molar-refractivity contribution in [2.24, 2.45) is 0 Å². The highest BCUT2D eigenvalue weighted by molar-refractivity contribution is 7.98. The highest BCUT2D eigenvalue weighted by Crippen LogP contribution is 2.27. The van der Waals surface area contributed by atoms with Gasteiger partial charge in [-0.05, 0) is 43.0 Å². The molecule has 0 atom stereocenters. The standard InChI is InChI=1S/C16H15N3S/c1-12-16(13-5-3-7-15(9-13)20-2)11-19(18-12)14-6-4-8-17-10-14/h3-11H,1-2H3. The highest BCUT2D eigenvalue weighted by atomic mass is 32.2. The molecule has 0 bridgehead atoms. The Balaban J connectivity index is 2.05. The largest absolute Gasteiger partial charge is 0.262 e. The lowest BCUT2D eigenvalue weighted by atomic mass is 10.1. The van der Waals surface area contributed by atoms with E-state index in [1.165, 1.54) is 10.5 Å². The monoisotopic (exact) mass is 281 g/mol. The zero-order valence-electron chi connectivity index (χ0n) is 11.4. The second kappa shape index (κ2) is 5.51. The highest BCUT2D eigenvalue weighted by Gasteiger charge is 2.09. The third-order valence-electron chi connectivity index (χ3n) is 3.19. The molecule has 3 nitrogen and oxygen atoms in total. The van der Waals surface area contributed by atoms with Crippen LogP contribution in [0.25, 0.3) is 16.8 Å². The van der Waals surface area contributed by atoms with E-state index in [4.69, 9.17) is 0 Å². The lowest BCUT2D eigenvalue weighted by Gasteiger charge is -2.01. The molecule has 0 aliphatic carbocycles. The summed E-state index contributed by atoms with van der Waals surface area (Å²) < 4.78 is 1.88. The van der Waals surface area contributed by atoms with Crippen LogP contribution in [0.5, 0.6) is 0 Å². The summed E-state index contributed by atoms with van der Waals surface area (Å²) >= 11 is 1.75. The van der Waals surface area contributed by atoms with Crippen molar-refractivity contribution in [2.45, 2.75) is 11.8 Å². The van der Waals surface area contributed by atoms with Crippen molar-refractivity contribution in [3.8, 4) is 16.8 Å². The Bertz CT molecular complexity index is 720. The fourth-order valence-electron chi connectivity index (χ4n) is 2.16. The molecule has 0 spiro atoms. The number of rotatable bonds is 3. The molecule has 1 aromatic carbocycles. The van der Waals surface area contributed by atoms with Gasteiger partial charge in [0.25, 0.3) is 0 Å². The molecule has 3 aromatic rings. The summed E-state index contributed by atoms with van der Waals surface area (Å²) in [7, 11) is 0. The zero-order chi connectivity index (χ0) is 13.9. The van der Waals surface area contributed by atoms with Crippen LogP contribution in [0, 0.1) is 6.92 Å². The van der Waals surface area contributed by atoms with Gasteiger partial charge in [0.2, 0.25) is 0 Å². The molecule has 0 aliphatic rings. The maximum absolute atomic E-state index is 4.58. The summed E-state index contributed by atoms with van der Waals surface area (Å²) in [6.45, 7) is 2.04. The maximum atomic E-state index is 4.58. The lowest BCUT2D eigenvalue weighted by molar-refractivity contribution is 0.857. The smallest absolute Gasteiger partial charge is 0.0829 e. The van der Waals surface area contributed by atoms with E-state index in [9.17, 15) is 0 Å².